The second kappa shape index (κ2) is 4.67. The molecule has 98 valence electrons. The summed E-state index contributed by atoms with van der Waals surface area (Å²) in [7, 11) is 0. The first kappa shape index (κ1) is 12.2. The first-order valence-corrected chi connectivity index (χ1v) is 7.17. The zero-order valence-corrected chi connectivity index (χ0v) is 11.2. The molecule has 0 spiro atoms. The van der Waals surface area contributed by atoms with Crippen LogP contribution in [-0.4, -0.2) is 28.2 Å². The summed E-state index contributed by atoms with van der Waals surface area (Å²) >= 11 is 0. The van der Waals surface area contributed by atoms with Crippen LogP contribution in [-0.2, 0) is 13.0 Å². The summed E-state index contributed by atoms with van der Waals surface area (Å²) in [5.41, 5.74) is 2.61. The average Bonchev–Trinajstić information content (AvgIpc) is 2.38. The van der Waals surface area contributed by atoms with Gasteiger partial charge in [0, 0.05) is 19.1 Å². The van der Waals surface area contributed by atoms with E-state index in [1.165, 1.54) is 24.1 Å². The third kappa shape index (κ3) is 2.45. The Morgan fingerprint density at radius 2 is 1.83 bits per heavy atom. The monoisotopic (exact) mass is 245 g/mol. The summed E-state index contributed by atoms with van der Waals surface area (Å²) < 4.78 is 0. The Labute approximate surface area is 110 Å². The van der Waals surface area contributed by atoms with Crippen molar-refractivity contribution in [1.82, 2.24) is 4.90 Å². The fourth-order valence-electron chi connectivity index (χ4n) is 3.42. The van der Waals surface area contributed by atoms with Gasteiger partial charge in [-0.3, -0.25) is 4.90 Å². The Morgan fingerprint density at radius 1 is 1.17 bits per heavy atom. The van der Waals surface area contributed by atoms with Crippen LogP contribution in [0.5, 0.6) is 0 Å². The van der Waals surface area contributed by atoms with Crippen molar-refractivity contribution in [3.05, 3.63) is 35.4 Å². The van der Waals surface area contributed by atoms with Gasteiger partial charge in [0.2, 0.25) is 0 Å². The van der Waals surface area contributed by atoms with Gasteiger partial charge in [-0.1, -0.05) is 24.3 Å². The van der Waals surface area contributed by atoms with Gasteiger partial charge in [0.15, 0.2) is 0 Å². The van der Waals surface area contributed by atoms with Crippen LogP contribution in [0.25, 0.3) is 0 Å². The predicted molar refractivity (Wildman–Crippen MR) is 73.4 cm³/mol. The number of nitrogens with zero attached hydrogens (tertiary/aromatic N) is 1. The van der Waals surface area contributed by atoms with Gasteiger partial charge in [-0.25, -0.2) is 0 Å². The number of hydrogen-bond donors (Lipinski definition) is 1. The maximum Gasteiger partial charge on any atom is 0.0621 e. The van der Waals surface area contributed by atoms with Crippen LogP contribution >= 0.6 is 0 Å². The summed E-state index contributed by atoms with van der Waals surface area (Å²) in [4.78, 5) is 2.62. The molecular weight excluding hydrogens is 222 g/mol. The van der Waals surface area contributed by atoms with Gasteiger partial charge in [0.25, 0.3) is 0 Å². The first-order chi connectivity index (χ1) is 8.64. The van der Waals surface area contributed by atoms with Crippen molar-refractivity contribution in [2.24, 2.45) is 0 Å². The highest BCUT2D eigenvalue weighted by atomic mass is 16.3. The van der Waals surface area contributed by atoms with E-state index in [-0.39, 0.29) is 0 Å². The molecule has 0 amide bonds. The van der Waals surface area contributed by atoms with Crippen LogP contribution < -0.4 is 0 Å². The van der Waals surface area contributed by atoms with E-state index in [0.29, 0.717) is 6.04 Å². The molecule has 2 heteroatoms. The highest BCUT2D eigenvalue weighted by Gasteiger charge is 2.32. The molecule has 1 aromatic carbocycles. The first-order valence-electron chi connectivity index (χ1n) is 7.17. The van der Waals surface area contributed by atoms with Gasteiger partial charge >= 0.3 is 0 Å². The molecule has 1 aliphatic heterocycles. The summed E-state index contributed by atoms with van der Waals surface area (Å²) in [5, 5.41) is 10.0. The van der Waals surface area contributed by atoms with Crippen molar-refractivity contribution in [2.45, 2.75) is 57.2 Å². The number of rotatable bonds is 1. The lowest BCUT2D eigenvalue weighted by Crippen LogP contribution is -2.44. The SMILES string of the molecule is CC1(O)CCC(N2CCc3ccccc3C2)CC1. The second-order valence-corrected chi connectivity index (χ2v) is 6.22. The molecule has 18 heavy (non-hydrogen) atoms. The highest BCUT2D eigenvalue weighted by molar-refractivity contribution is 5.29. The Hall–Kier alpha value is -0.860. The molecule has 0 aromatic heterocycles. The molecule has 1 aliphatic carbocycles. The largest absolute Gasteiger partial charge is 0.390 e. The van der Waals surface area contributed by atoms with E-state index in [9.17, 15) is 5.11 Å². The number of benzene rings is 1. The van der Waals surface area contributed by atoms with E-state index in [1.807, 2.05) is 6.92 Å². The Morgan fingerprint density at radius 3 is 2.56 bits per heavy atom. The van der Waals surface area contributed by atoms with Crippen molar-refractivity contribution >= 4 is 0 Å². The zero-order valence-electron chi connectivity index (χ0n) is 11.2. The topological polar surface area (TPSA) is 23.5 Å². The minimum Gasteiger partial charge on any atom is -0.390 e. The summed E-state index contributed by atoms with van der Waals surface area (Å²) in [6.45, 7) is 4.27. The number of fused-ring (bicyclic) bond motifs is 1. The van der Waals surface area contributed by atoms with Crippen LogP contribution in [0.4, 0.5) is 0 Å². The van der Waals surface area contributed by atoms with Crippen LogP contribution in [0.1, 0.15) is 43.7 Å². The Kier molecular flexibility index (Phi) is 3.16. The number of aliphatic hydroxyl groups is 1. The molecule has 0 atom stereocenters. The lowest BCUT2D eigenvalue weighted by atomic mass is 9.82. The minimum atomic E-state index is -0.413. The molecule has 2 nitrogen and oxygen atoms in total. The Balaban J connectivity index is 1.66. The molecule has 1 saturated carbocycles. The quantitative estimate of drug-likeness (QED) is 0.822. The van der Waals surface area contributed by atoms with E-state index >= 15 is 0 Å². The van der Waals surface area contributed by atoms with E-state index in [0.717, 1.165) is 32.2 Å². The highest BCUT2D eigenvalue weighted by Crippen LogP contribution is 2.32. The molecule has 1 heterocycles. The Bertz CT molecular complexity index is 417. The molecule has 0 unspecified atom stereocenters. The summed E-state index contributed by atoms with van der Waals surface area (Å²) in [6, 6.07) is 9.50. The van der Waals surface area contributed by atoms with Crippen molar-refractivity contribution in [2.75, 3.05) is 6.54 Å². The molecular formula is C16H23NO. The average molecular weight is 245 g/mol. The molecule has 1 aromatic rings. The summed E-state index contributed by atoms with van der Waals surface area (Å²) in [6.07, 6.45) is 5.39. The lowest BCUT2D eigenvalue weighted by Gasteiger charge is -2.41. The zero-order chi connectivity index (χ0) is 12.6. The standard InChI is InChI=1S/C16H23NO/c1-16(18)9-6-15(7-10-16)17-11-8-13-4-2-3-5-14(13)12-17/h2-5,15,18H,6-12H2,1H3. The van der Waals surface area contributed by atoms with E-state index in [2.05, 4.69) is 29.2 Å². The normalized spacial score (nSPS) is 33.1. The van der Waals surface area contributed by atoms with Crippen LogP contribution in [0, 0.1) is 0 Å². The minimum absolute atomic E-state index is 0.413. The van der Waals surface area contributed by atoms with Crippen LogP contribution in [0.15, 0.2) is 24.3 Å². The van der Waals surface area contributed by atoms with Crippen LogP contribution in [0.3, 0.4) is 0 Å². The van der Waals surface area contributed by atoms with Crippen molar-refractivity contribution < 1.29 is 5.11 Å². The van der Waals surface area contributed by atoms with E-state index in [1.54, 1.807) is 0 Å². The predicted octanol–water partition coefficient (Wildman–Crippen LogP) is 2.74. The molecule has 0 saturated heterocycles. The smallest absolute Gasteiger partial charge is 0.0621 e. The van der Waals surface area contributed by atoms with Crippen molar-refractivity contribution in [3.63, 3.8) is 0 Å². The van der Waals surface area contributed by atoms with Crippen LogP contribution in [0.2, 0.25) is 0 Å². The molecule has 1 N–H and O–H groups in total. The molecule has 3 rings (SSSR count). The summed E-state index contributed by atoms with van der Waals surface area (Å²) in [5.74, 6) is 0. The van der Waals surface area contributed by atoms with Gasteiger partial charge in [-0.2, -0.15) is 0 Å². The third-order valence-electron chi connectivity index (χ3n) is 4.71. The number of hydrogen-bond acceptors (Lipinski definition) is 2. The molecule has 1 fully saturated rings. The van der Waals surface area contributed by atoms with Gasteiger partial charge < -0.3 is 5.11 Å². The van der Waals surface area contributed by atoms with Crippen molar-refractivity contribution in [3.8, 4) is 0 Å². The van der Waals surface area contributed by atoms with E-state index in [4.69, 9.17) is 0 Å². The molecule has 0 bridgehead atoms. The molecule has 2 aliphatic rings. The van der Waals surface area contributed by atoms with Gasteiger partial charge in [-0.05, 0) is 50.2 Å². The fourth-order valence-corrected chi connectivity index (χ4v) is 3.42. The van der Waals surface area contributed by atoms with Gasteiger partial charge in [0.1, 0.15) is 0 Å². The maximum absolute atomic E-state index is 10.0. The van der Waals surface area contributed by atoms with Gasteiger partial charge in [-0.15, -0.1) is 0 Å². The van der Waals surface area contributed by atoms with Crippen molar-refractivity contribution in [1.29, 1.82) is 0 Å². The fraction of sp³-hybridized carbons (Fsp3) is 0.625. The maximum atomic E-state index is 10.0. The van der Waals surface area contributed by atoms with Gasteiger partial charge in [0.05, 0.1) is 5.60 Å². The second-order valence-electron chi connectivity index (χ2n) is 6.22. The van der Waals surface area contributed by atoms with E-state index < -0.39 is 5.60 Å². The third-order valence-corrected chi connectivity index (χ3v) is 4.71. The lowest BCUT2D eigenvalue weighted by molar-refractivity contribution is -0.00765. The molecule has 0 radical (unpaired) electrons.